The zero-order valence-corrected chi connectivity index (χ0v) is 9.65. The van der Waals surface area contributed by atoms with E-state index in [1.807, 2.05) is 23.1 Å². The van der Waals surface area contributed by atoms with Crippen LogP contribution in [0.3, 0.4) is 0 Å². The molecule has 1 heterocycles. The van der Waals surface area contributed by atoms with Crippen molar-refractivity contribution in [1.82, 2.24) is 9.80 Å². The van der Waals surface area contributed by atoms with E-state index in [-0.39, 0.29) is 5.91 Å². The highest BCUT2D eigenvalue weighted by atomic mass is 16.2. The van der Waals surface area contributed by atoms with Crippen molar-refractivity contribution in [1.29, 1.82) is 0 Å². The second kappa shape index (κ2) is 5.12. The minimum atomic E-state index is 0.188. The third-order valence-electron chi connectivity index (χ3n) is 3.00. The fourth-order valence-electron chi connectivity index (χ4n) is 2.01. The highest BCUT2D eigenvalue weighted by molar-refractivity contribution is 5.73. The summed E-state index contributed by atoms with van der Waals surface area (Å²) in [5, 5.41) is 0. The highest BCUT2D eigenvalue weighted by Crippen LogP contribution is 2.07. The summed E-state index contributed by atoms with van der Waals surface area (Å²) >= 11 is 0. The van der Waals surface area contributed by atoms with Gasteiger partial charge in [-0.3, -0.25) is 9.69 Å². The molecule has 1 aromatic carbocycles. The van der Waals surface area contributed by atoms with Crippen LogP contribution in [0.5, 0.6) is 0 Å². The Morgan fingerprint density at radius 2 is 2.12 bits per heavy atom. The van der Waals surface area contributed by atoms with Crippen molar-refractivity contribution in [2.24, 2.45) is 0 Å². The standard InChI is InChI=1S/C13H17N2O/c1-12(16)15-9-7-14(8-10-15)11-13-5-3-2-4-6-13/h2-3,5-6H,7-11H2,1H3. The molecule has 0 N–H and O–H groups in total. The molecule has 1 amide bonds. The van der Waals surface area contributed by atoms with Gasteiger partial charge in [0.2, 0.25) is 5.91 Å². The van der Waals surface area contributed by atoms with Crippen LogP contribution in [-0.2, 0) is 11.3 Å². The maximum absolute atomic E-state index is 11.2. The molecule has 1 radical (unpaired) electrons. The molecule has 0 atom stereocenters. The first kappa shape index (κ1) is 11.1. The Labute approximate surface area is 96.7 Å². The summed E-state index contributed by atoms with van der Waals surface area (Å²) in [6.45, 7) is 6.24. The molecule has 0 unspecified atom stereocenters. The van der Waals surface area contributed by atoms with Gasteiger partial charge in [0.05, 0.1) is 0 Å². The number of hydrogen-bond acceptors (Lipinski definition) is 2. The molecule has 1 aliphatic heterocycles. The molecule has 1 aromatic rings. The lowest BCUT2D eigenvalue weighted by Gasteiger charge is -2.34. The normalized spacial score (nSPS) is 17.4. The third kappa shape index (κ3) is 2.83. The molecule has 0 aromatic heterocycles. The summed E-state index contributed by atoms with van der Waals surface area (Å²) in [4.78, 5) is 15.5. The van der Waals surface area contributed by atoms with Crippen molar-refractivity contribution in [3.05, 3.63) is 35.9 Å². The summed E-state index contributed by atoms with van der Waals surface area (Å²) in [5.74, 6) is 0.188. The van der Waals surface area contributed by atoms with E-state index >= 15 is 0 Å². The summed E-state index contributed by atoms with van der Waals surface area (Å²) in [6, 6.07) is 11.2. The van der Waals surface area contributed by atoms with E-state index in [4.69, 9.17) is 0 Å². The van der Waals surface area contributed by atoms with E-state index in [0.717, 1.165) is 32.7 Å². The van der Waals surface area contributed by atoms with Crippen LogP contribution in [0, 0.1) is 6.07 Å². The van der Waals surface area contributed by atoms with Crippen LogP contribution < -0.4 is 0 Å². The largest absolute Gasteiger partial charge is 0.340 e. The Balaban J connectivity index is 1.84. The van der Waals surface area contributed by atoms with Gasteiger partial charge in [-0.2, -0.15) is 0 Å². The number of piperazine rings is 1. The van der Waals surface area contributed by atoms with Gasteiger partial charge in [-0.05, 0) is 17.7 Å². The van der Waals surface area contributed by atoms with Gasteiger partial charge < -0.3 is 4.90 Å². The van der Waals surface area contributed by atoms with Crippen molar-refractivity contribution >= 4 is 5.91 Å². The monoisotopic (exact) mass is 217 g/mol. The van der Waals surface area contributed by atoms with Gasteiger partial charge in [-0.15, -0.1) is 0 Å². The molecular weight excluding hydrogens is 200 g/mol. The molecule has 16 heavy (non-hydrogen) atoms. The van der Waals surface area contributed by atoms with Gasteiger partial charge in [0.1, 0.15) is 0 Å². The average molecular weight is 217 g/mol. The predicted octanol–water partition coefficient (Wildman–Crippen LogP) is 1.15. The van der Waals surface area contributed by atoms with Crippen LogP contribution in [0.1, 0.15) is 12.5 Å². The average Bonchev–Trinajstić information content (AvgIpc) is 2.31. The molecule has 85 valence electrons. The second-order valence-electron chi connectivity index (χ2n) is 4.19. The molecule has 0 saturated carbocycles. The van der Waals surface area contributed by atoms with E-state index in [0.29, 0.717) is 0 Å². The molecule has 2 rings (SSSR count). The van der Waals surface area contributed by atoms with E-state index in [2.05, 4.69) is 17.0 Å². The lowest BCUT2D eigenvalue weighted by Crippen LogP contribution is -2.47. The lowest BCUT2D eigenvalue weighted by molar-refractivity contribution is -0.130. The summed E-state index contributed by atoms with van der Waals surface area (Å²) in [5.41, 5.74) is 1.29. The second-order valence-corrected chi connectivity index (χ2v) is 4.19. The van der Waals surface area contributed by atoms with Gasteiger partial charge in [0.15, 0.2) is 0 Å². The van der Waals surface area contributed by atoms with Crippen molar-refractivity contribution in [2.45, 2.75) is 13.5 Å². The van der Waals surface area contributed by atoms with Gasteiger partial charge in [-0.1, -0.05) is 18.2 Å². The van der Waals surface area contributed by atoms with Crippen LogP contribution in [0.25, 0.3) is 0 Å². The molecule has 0 bridgehead atoms. The molecule has 0 spiro atoms. The minimum Gasteiger partial charge on any atom is -0.340 e. The highest BCUT2D eigenvalue weighted by Gasteiger charge is 2.18. The zero-order valence-electron chi connectivity index (χ0n) is 9.65. The van der Waals surface area contributed by atoms with Gasteiger partial charge in [0, 0.05) is 39.6 Å². The van der Waals surface area contributed by atoms with Crippen molar-refractivity contribution in [2.75, 3.05) is 26.2 Å². The van der Waals surface area contributed by atoms with Crippen LogP contribution >= 0.6 is 0 Å². The Hall–Kier alpha value is -1.35. The number of hydrogen-bond donors (Lipinski definition) is 0. The zero-order chi connectivity index (χ0) is 11.4. The van der Waals surface area contributed by atoms with Crippen molar-refractivity contribution in [3.8, 4) is 0 Å². The smallest absolute Gasteiger partial charge is 0.219 e. The van der Waals surface area contributed by atoms with Crippen LogP contribution in [0.15, 0.2) is 24.3 Å². The maximum atomic E-state index is 11.2. The molecule has 0 aliphatic carbocycles. The molecule has 3 heteroatoms. The fraction of sp³-hybridized carbons (Fsp3) is 0.462. The Morgan fingerprint density at radius 3 is 2.69 bits per heavy atom. The van der Waals surface area contributed by atoms with Crippen molar-refractivity contribution in [3.63, 3.8) is 0 Å². The van der Waals surface area contributed by atoms with Gasteiger partial charge >= 0.3 is 0 Å². The van der Waals surface area contributed by atoms with Crippen molar-refractivity contribution < 1.29 is 4.79 Å². The van der Waals surface area contributed by atoms with Crippen LogP contribution in [0.2, 0.25) is 0 Å². The molecular formula is C13H17N2O. The van der Waals surface area contributed by atoms with E-state index in [9.17, 15) is 4.79 Å². The third-order valence-corrected chi connectivity index (χ3v) is 3.00. The number of carbonyl (C=O) groups is 1. The Kier molecular flexibility index (Phi) is 3.57. The quantitative estimate of drug-likeness (QED) is 0.742. The first-order valence-electron chi connectivity index (χ1n) is 5.68. The Bertz CT molecular complexity index is 342. The molecule has 1 saturated heterocycles. The molecule has 1 fully saturated rings. The number of amides is 1. The summed E-state index contributed by atoms with van der Waals surface area (Å²) < 4.78 is 0. The first-order chi connectivity index (χ1) is 7.75. The Morgan fingerprint density at radius 1 is 1.38 bits per heavy atom. The van der Waals surface area contributed by atoms with E-state index in [1.54, 1.807) is 6.92 Å². The first-order valence-corrected chi connectivity index (χ1v) is 5.68. The number of carbonyl (C=O) groups excluding carboxylic acids is 1. The van der Waals surface area contributed by atoms with Crippen LogP contribution in [-0.4, -0.2) is 41.9 Å². The number of nitrogens with zero attached hydrogens (tertiary/aromatic N) is 2. The predicted molar refractivity (Wildman–Crippen MR) is 62.8 cm³/mol. The summed E-state index contributed by atoms with van der Waals surface area (Å²) in [6.07, 6.45) is 0. The van der Waals surface area contributed by atoms with Crippen LogP contribution in [0.4, 0.5) is 0 Å². The molecule has 3 nitrogen and oxygen atoms in total. The van der Waals surface area contributed by atoms with Gasteiger partial charge in [0.25, 0.3) is 0 Å². The minimum absolute atomic E-state index is 0.188. The SMILES string of the molecule is CC(=O)N1CCN(Cc2c[c]ccc2)CC1. The van der Waals surface area contributed by atoms with Gasteiger partial charge in [-0.25, -0.2) is 0 Å². The van der Waals surface area contributed by atoms with E-state index < -0.39 is 0 Å². The lowest BCUT2D eigenvalue weighted by atomic mass is 10.2. The number of rotatable bonds is 2. The number of benzene rings is 1. The topological polar surface area (TPSA) is 23.6 Å². The summed E-state index contributed by atoms with van der Waals surface area (Å²) in [7, 11) is 0. The van der Waals surface area contributed by atoms with E-state index in [1.165, 1.54) is 5.56 Å². The molecule has 1 aliphatic rings. The fourth-order valence-corrected chi connectivity index (χ4v) is 2.01. The maximum Gasteiger partial charge on any atom is 0.219 e.